The molecule has 0 radical (unpaired) electrons. The van der Waals surface area contributed by atoms with Crippen molar-refractivity contribution in [2.24, 2.45) is 5.92 Å². The van der Waals surface area contributed by atoms with Crippen molar-refractivity contribution in [3.05, 3.63) is 0 Å². The Morgan fingerprint density at radius 1 is 1.23 bits per heavy atom. The van der Waals surface area contributed by atoms with Crippen molar-refractivity contribution < 1.29 is 14.3 Å². The maximum absolute atomic E-state index is 12.6. The molecule has 0 aromatic heterocycles. The highest BCUT2D eigenvalue weighted by Gasteiger charge is 2.39. The number of likely N-dealkylation sites (N-methyl/N-ethyl adjacent to an activating group) is 1. The smallest absolute Gasteiger partial charge is 0.248 e. The van der Waals surface area contributed by atoms with Gasteiger partial charge < -0.3 is 14.5 Å². The molecule has 0 aliphatic carbocycles. The quantitative estimate of drug-likeness (QED) is 0.730. The van der Waals surface area contributed by atoms with Crippen LogP contribution in [0.5, 0.6) is 0 Å². The number of morpholine rings is 1. The van der Waals surface area contributed by atoms with E-state index in [2.05, 4.69) is 11.8 Å². The fourth-order valence-corrected chi connectivity index (χ4v) is 3.68. The molecule has 3 aliphatic rings. The predicted octanol–water partition coefficient (Wildman–Crippen LogP) is 0.176. The minimum atomic E-state index is 0.0142. The van der Waals surface area contributed by atoms with E-state index in [1.807, 2.05) is 11.9 Å². The van der Waals surface area contributed by atoms with Gasteiger partial charge in [-0.1, -0.05) is 6.92 Å². The first kappa shape index (κ1) is 15.7. The molecule has 0 unspecified atom stereocenters. The zero-order valence-corrected chi connectivity index (χ0v) is 13.7. The minimum Gasteiger partial charge on any atom is -0.366 e. The van der Waals surface area contributed by atoms with Gasteiger partial charge in [-0.3, -0.25) is 14.5 Å². The van der Waals surface area contributed by atoms with Gasteiger partial charge in [0.25, 0.3) is 0 Å². The molecule has 22 heavy (non-hydrogen) atoms. The van der Waals surface area contributed by atoms with Gasteiger partial charge in [0.15, 0.2) is 0 Å². The Morgan fingerprint density at radius 3 is 2.68 bits per heavy atom. The average Bonchev–Trinajstić information content (AvgIpc) is 2.53. The highest BCUT2D eigenvalue weighted by molar-refractivity contribution is 5.80. The Balaban J connectivity index is 1.54. The van der Waals surface area contributed by atoms with Crippen molar-refractivity contribution in [3.63, 3.8) is 0 Å². The molecule has 2 atom stereocenters. The summed E-state index contributed by atoms with van der Waals surface area (Å²) in [5, 5.41) is 0. The van der Waals surface area contributed by atoms with Gasteiger partial charge in [-0.25, -0.2) is 0 Å². The van der Waals surface area contributed by atoms with Crippen LogP contribution in [0.15, 0.2) is 0 Å². The third kappa shape index (κ3) is 3.27. The molecule has 0 bridgehead atoms. The molecule has 3 saturated heterocycles. The third-order valence-electron chi connectivity index (χ3n) is 5.42. The molecule has 2 amide bonds. The second-order valence-electron chi connectivity index (χ2n) is 7.01. The summed E-state index contributed by atoms with van der Waals surface area (Å²) in [7, 11) is 1.82. The summed E-state index contributed by atoms with van der Waals surface area (Å²) in [5.74, 6) is 0.987. The van der Waals surface area contributed by atoms with Crippen LogP contribution in [0, 0.1) is 5.92 Å². The molecular formula is C16H27N3O3. The van der Waals surface area contributed by atoms with E-state index < -0.39 is 0 Å². The summed E-state index contributed by atoms with van der Waals surface area (Å²) in [6.45, 7) is 6.37. The van der Waals surface area contributed by atoms with Crippen molar-refractivity contribution in [2.75, 3.05) is 46.4 Å². The maximum atomic E-state index is 12.6. The van der Waals surface area contributed by atoms with Gasteiger partial charge in [0.1, 0.15) is 6.61 Å². The molecule has 0 aromatic rings. The van der Waals surface area contributed by atoms with Gasteiger partial charge in [0.05, 0.1) is 18.7 Å². The van der Waals surface area contributed by atoms with Crippen molar-refractivity contribution in [1.82, 2.24) is 14.7 Å². The predicted molar refractivity (Wildman–Crippen MR) is 82.3 cm³/mol. The number of likely N-dealkylation sites (tertiary alicyclic amines) is 2. The van der Waals surface area contributed by atoms with Gasteiger partial charge in [0, 0.05) is 20.1 Å². The van der Waals surface area contributed by atoms with Crippen molar-refractivity contribution in [3.8, 4) is 0 Å². The van der Waals surface area contributed by atoms with Crippen LogP contribution in [0.3, 0.4) is 0 Å². The second kappa shape index (κ2) is 6.54. The molecule has 3 fully saturated rings. The zero-order chi connectivity index (χ0) is 15.7. The lowest BCUT2D eigenvalue weighted by Gasteiger charge is -2.45. The molecule has 0 saturated carbocycles. The highest BCUT2D eigenvalue weighted by atomic mass is 16.5. The summed E-state index contributed by atoms with van der Waals surface area (Å²) < 4.78 is 5.61. The molecule has 3 heterocycles. The number of hydrogen-bond acceptors (Lipinski definition) is 4. The van der Waals surface area contributed by atoms with E-state index in [0.29, 0.717) is 13.1 Å². The normalized spacial score (nSPS) is 31.3. The summed E-state index contributed by atoms with van der Waals surface area (Å²) >= 11 is 0. The monoisotopic (exact) mass is 309 g/mol. The lowest BCUT2D eigenvalue weighted by atomic mass is 9.98. The largest absolute Gasteiger partial charge is 0.366 e. The number of rotatable bonds is 2. The van der Waals surface area contributed by atoms with E-state index in [9.17, 15) is 9.59 Å². The molecule has 6 heteroatoms. The fourth-order valence-electron chi connectivity index (χ4n) is 3.68. The number of amides is 2. The van der Waals surface area contributed by atoms with Crippen LogP contribution in [0.1, 0.15) is 26.2 Å². The molecule has 0 N–H and O–H groups in total. The van der Waals surface area contributed by atoms with E-state index in [-0.39, 0.29) is 30.6 Å². The fraction of sp³-hybridized carbons (Fsp3) is 0.875. The van der Waals surface area contributed by atoms with E-state index in [4.69, 9.17) is 4.74 Å². The van der Waals surface area contributed by atoms with Crippen LogP contribution in [-0.2, 0) is 14.3 Å². The third-order valence-corrected chi connectivity index (χ3v) is 5.42. The van der Waals surface area contributed by atoms with Crippen LogP contribution >= 0.6 is 0 Å². The van der Waals surface area contributed by atoms with Crippen molar-refractivity contribution >= 4 is 11.8 Å². The lowest BCUT2D eigenvalue weighted by molar-refractivity contribution is -0.163. The highest BCUT2D eigenvalue weighted by Crippen LogP contribution is 2.23. The topological polar surface area (TPSA) is 53.1 Å². The Labute approximate surface area is 132 Å². The van der Waals surface area contributed by atoms with E-state index in [1.54, 1.807) is 4.90 Å². The first-order chi connectivity index (χ1) is 10.5. The van der Waals surface area contributed by atoms with Gasteiger partial charge >= 0.3 is 0 Å². The number of fused-ring (bicyclic) bond motifs is 1. The van der Waals surface area contributed by atoms with E-state index >= 15 is 0 Å². The summed E-state index contributed by atoms with van der Waals surface area (Å²) in [6, 6.07) is 0.0142. The van der Waals surface area contributed by atoms with Crippen LogP contribution in [-0.4, -0.2) is 85.0 Å². The second-order valence-corrected chi connectivity index (χ2v) is 7.01. The summed E-state index contributed by atoms with van der Waals surface area (Å²) in [4.78, 5) is 30.3. The lowest BCUT2D eigenvalue weighted by Crippen LogP contribution is -2.62. The molecule has 0 aromatic carbocycles. The average molecular weight is 309 g/mol. The summed E-state index contributed by atoms with van der Waals surface area (Å²) in [5.41, 5.74) is 0. The molecule has 0 spiro atoms. The summed E-state index contributed by atoms with van der Waals surface area (Å²) in [6.07, 6.45) is 3.28. The van der Waals surface area contributed by atoms with Crippen molar-refractivity contribution in [1.29, 1.82) is 0 Å². The number of hydrogen-bond donors (Lipinski definition) is 0. The van der Waals surface area contributed by atoms with Crippen LogP contribution in [0.25, 0.3) is 0 Å². The molecule has 124 valence electrons. The standard InChI is InChI=1S/C16H27N3O3/c1-12-3-6-18(7-4-12)10-15(20)19-8-5-14-13(9-19)17(2)16(21)11-22-14/h12-14H,3-11H2,1-2H3/t13-,14+/m0/s1. The molecule has 6 nitrogen and oxygen atoms in total. The maximum Gasteiger partial charge on any atom is 0.248 e. The van der Waals surface area contributed by atoms with E-state index in [1.165, 1.54) is 12.8 Å². The van der Waals surface area contributed by atoms with Crippen LogP contribution < -0.4 is 0 Å². The Bertz CT molecular complexity index is 434. The Kier molecular flexibility index (Phi) is 4.68. The molecule has 3 aliphatic heterocycles. The van der Waals surface area contributed by atoms with Gasteiger partial charge in [-0.05, 0) is 38.3 Å². The molecule has 3 rings (SSSR count). The first-order valence-corrected chi connectivity index (χ1v) is 8.42. The van der Waals surface area contributed by atoms with Crippen LogP contribution in [0.4, 0.5) is 0 Å². The SMILES string of the molecule is CC1CCN(CC(=O)N2CC[C@H]3OCC(=O)N(C)[C@H]3C2)CC1. The van der Waals surface area contributed by atoms with Gasteiger partial charge in [-0.15, -0.1) is 0 Å². The van der Waals surface area contributed by atoms with Crippen LogP contribution in [0.2, 0.25) is 0 Å². The van der Waals surface area contributed by atoms with Crippen molar-refractivity contribution in [2.45, 2.75) is 38.3 Å². The minimum absolute atomic E-state index is 0.0142. The van der Waals surface area contributed by atoms with Gasteiger partial charge in [-0.2, -0.15) is 0 Å². The Morgan fingerprint density at radius 2 is 1.95 bits per heavy atom. The van der Waals surface area contributed by atoms with Gasteiger partial charge in [0.2, 0.25) is 11.8 Å². The number of carbonyl (C=O) groups excluding carboxylic acids is 2. The number of ether oxygens (including phenoxy) is 1. The number of piperidine rings is 2. The number of nitrogens with zero attached hydrogens (tertiary/aromatic N) is 3. The molecular weight excluding hydrogens is 282 g/mol. The zero-order valence-electron chi connectivity index (χ0n) is 13.7. The first-order valence-electron chi connectivity index (χ1n) is 8.42. The Hall–Kier alpha value is -1.14. The van der Waals surface area contributed by atoms with E-state index in [0.717, 1.165) is 32.0 Å². The number of carbonyl (C=O) groups is 2.